The first-order valence-corrected chi connectivity index (χ1v) is 9.83. The number of carbonyl (C=O) groups is 1. The highest BCUT2D eigenvalue weighted by Crippen LogP contribution is 2.23. The summed E-state index contributed by atoms with van der Waals surface area (Å²) in [5.41, 5.74) is 1.98. The van der Waals surface area contributed by atoms with E-state index in [0.717, 1.165) is 43.5 Å². The molecule has 0 bridgehead atoms. The molecule has 1 saturated heterocycles. The summed E-state index contributed by atoms with van der Waals surface area (Å²) < 4.78 is 5.99. The fraction of sp³-hybridized carbons (Fsp3) is 0.381. The van der Waals surface area contributed by atoms with Crippen LogP contribution >= 0.6 is 15.9 Å². The van der Waals surface area contributed by atoms with Crippen LogP contribution in [-0.4, -0.2) is 37.6 Å². The second-order valence-corrected chi connectivity index (χ2v) is 7.62. The molecular formula is C21H25BrN2O2. The van der Waals surface area contributed by atoms with E-state index in [1.165, 1.54) is 5.56 Å². The number of hydrogen-bond donors (Lipinski definition) is 1. The number of rotatable bonds is 6. The Bertz CT molecular complexity index is 728. The zero-order chi connectivity index (χ0) is 18.4. The van der Waals surface area contributed by atoms with E-state index in [1.54, 1.807) is 13.2 Å². The quantitative estimate of drug-likeness (QED) is 0.770. The van der Waals surface area contributed by atoms with Gasteiger partial charge in [0.2, 0.25) is 0 Å². The number of nitrogens with zero attached hydrogens (tertiary/aromatic N) is 1. The first-order chi connectivity index (χ1) is 12.7. The van der Waals surface area contributed by atoms with E-state index < -0.39 is 0 Å². The van der Waals surface area contributed by atoms with Crippen molar-refractivity contribution in [2.75, 3.05) is 26.7 Å². The molecule has 5 heteroatoms. The van der Waals surface area contributed by atoms with Crippen LogP contribution in [0.4, 0.5) is 0 Å². The molecule has 0 spiro atoms. The normalized spacial score (nSPS) is 15.6. The molecule has 1 N–H and O–H groups in total. The van der Waals surface area contributed by atoms with Crippen molar-refractivity contribution >= 4 is 21.8 Å². The molecule has 0 aromatic heterocycles. The van der Waals surface area contributed by atoms with Gasteiger partial charge in [-0.15, -0.1) is 0 Å². The molecule has 2 aromatic rings. The number of piperidine rings is 1. The minimum atomic E-state index is -0.0532. The lowest BCUT2D eigenvalue weighted by Crippen LogP contribution is -2.38. The van der Waals surface area contributed by atoms with E-state index in [9.17, 15) is 4.79 Å². The Balaban J connectivity index is 1.46. The zero-order valence-electron chi connectivity index (χ0n) is 15.1. The average Bonchev–Trinajstić information content (AvgIpc) is 2.68. The number of ether oxygens (including phenoxy) is 1. The van der Waals surface area contributed by atoms with Gasteiger partial charge in [0, 0.05) is 17.6 Å². The summed E-state index contributed by atoms with van der Waals surface area (Å²) in [5.74, 6) is 1.17. The highest BCUT2D eigenvalue weighted by molar-refractivity contribution is 9.10. The lowest BCUT2D eigenvalue weighted by molar-refractivity contribution is 0.0934. The maximum Gasteiger partial charge on any atom is 0.252 e. The Morgan fingerprint density at radius 2 is 1.92 bits per heavy atom. The predicted octanol–water partition coefficient (Wildman–Crippen LogP) is 4.10. The van der Waals surface area contributed by atoms with Gasteiger partial charge in [0.1, 0.15) is 5.75 Å². The number of methoxy groups -OCH3 is 1. The number of benzene rings is 2. The van der Waals surface area contributed by atoms with Crippen LogP contribution in [0.25, 0.3) is 0 Å². The molecule has 1 amide bonds. The summed E-state index contributed by atoms with van der Waals surface area (Å²) in [5, 5.41) is 3.08. The molecule has 0 unspecified atom stereocenters. The summed E-state index contributed by atoms with van der Waals surface area (Å²) in [7, 11) is 1.61. The minimum Gasteiger partial charge on any atom is -0.497 e. The molecule has 138 valence electrons. The summed E-state index contributed by atoms with van der Waals surface area (Å²) in [6.07, 6.45) is 2.23. The lowest BCUT2D eigenvalue weighted by Gasteiger charge is -2.32. The standard InChI is InChI=1S/C21H25BrN2O2/c1-26-18-7-8-20(22)19(13-18)21(25)23-14-16-9-11-24(12-10-16)15-17-5-3-2-4-6-17/h2-8,13,16H,9-12,14-15H2,1H3,(H,23,25). The highest BCUT2D eigenvalue weighted by atomic mass is 79.9. The van der Waals surface area contributed by atoms with Gasteiger partial charge in [-0.05, 0) is 71.5 Å². The van der Waals surface area contributed by atoms with Crippen molar-refractivity contribution < 1.29 is 9.53 Å². The van der Waals surface area contributed by atoms with Gasteiger partial charge >= 0.3 is 0 Å². The van der Waals surface area contributed by atoms with Gasteiger partial charge in [-0.25, -0.2) is 0 Å². The van der Waals surface area contributed by atoms with Gasteiger partial charge in [0.05, 0.1) is 12.7 Å². The monoisotopic (exact) mass is 416 g/mol. The highest BCUT2D eigenvalue weighted by Gasteiger charge is 2.20. The third kappa shape index (κ3) is 5.08. The number of halogens is 1. The third-order valence-electron chi connectivity index (χ3n) is 4.93. The summed E-state index contributed by atoms with van der Waals surface area (Å²) >= 11 is 3.44. The van der Waals surface area contributed by atoms with Crippen LogP contribution in [0.3, 0.4) is 0 Å². The van der Waals surface area contributed by atoms with Gasteiger partial charge in [-0.1, -0.05) is 30.3 Å². The summed E-state index contributed by atoms with van der Waals surface area (Å²) in [6.45, 7) is 3.90. The number of likely N-dealkylation sites (tertiary alicyclic amines) is 1. The van der Waals surface area contributed by atoms with Crippen molar-refractivity contribution in [1.29, 1.82) is 0 Å². The van der Waals surface area contributed by atoms with Gasteiger partial charge in [0.25, 0.3) is 5.91 Å². The second kappa shape index (κ2) is 9.19. The Hall–Kier alpha value is -1.85. The fourth-order valence-corrected chi connectivity index (χ4v) is 3.75. The van der Waals surface area contributed by atoms with Gasteiger partial charge < -0.3 is 10.1 Å². The van der Waals surface area contributed by atoms with Crippen LogP contribution in [0.5, 0.6) is 5.75 Å². The van der Waals surface area contributed by atoms with Crippen molar-refractivity contribution in [1.82, 2.24) is 10.2 Å². The Labute approximate surface area is 163 Å². The number of amides is 1. The van der Waals surface area contributed by atoms with E-state index in [1.807, 2.05) is 12.1 Å². The van der Waals surface area contributed by atoms with Crippen LogP contribution in [0.2, 0.25) is 0 Å². The SMILES string of the molecule is COc1ccc(Br)c(C(=O)NCC2CCN(Cc3ccccc3)CC2)c1. The van der Waals surface area contributed by atoms with Crippen molar-refractivity contribution in [3.05, 3.63) is 64.1 Å². The Morgan fingerprint density at radius 1 is 1.19 bits per heavy atom. The third-order valence-corrected chi connectivity index (χ3v) is 5.62. The molecule has 0 radical (unpaired) electrons. The van der Waals surface area contributed by atoms with Gasteiger partial charge in [0.15, 0.2) is 0 Å². The van der Waals surface area contributed by atoms with Crippen LogP contribution in [0, 0.1) is 5.92 Å². The fourth-order valence-electron chi connectivity index (χ4n) is 3.33. The summed E-state index contributed by atoms with van der Waals surface area (Å²) in [6, 6.07) is 16.0. The molecule has 2 aromatic carbocycles. The van der Waals surface area contributed by atoms with Crippen molar-refractivity contribution in [2.24, 2.45) is 5.92 Å². The van der Waals surface area contributed by atoms with Gasteiger partial charge in [-0.2, -0.15) is 0 Å². The zero-order valence-corrected chi connectivity index (χ0v) is 16.7. The van der Waals surface area contributed by atoms with Crippen LogP contribution < -0.4 is 10.1 Å². The van der Waals surface area contributed by atoms with Gasteiger partial charge in [-0.3, -0.25) is 9.69 Å². The molecule has 0 aliphatic carbocycles. The van der Waals surface area contributed by atoms with E-state index in [-0.39, 0.29) is 5.91 Å². The molecule has 3 rings (SSSR count). The van der Waals surface area contributed by atoms with Crippen LogP contribution in [0.1, 0.15) is 28.8 Å². The first kappa shape index (κ1) is 18.9. The Morgan fingerprint density at radius 3 is 2.62 bits per heavy atom. The van der Waals surface area contributed by atoms with E-state index in [4.69, 9.17) is 4.74 Å². The van der Waals surface area contributed by atoms with Crippen LogP contribution in [0.15, 0.2) is 53.0 Å². The van der Waals surface area contributed by atoms with Crippen molar-refractivity contribution in [3.8, 4) is 5.75 Å². The maximum absolute atomic E-state index is 12.5. The van der Waals surface area contributed by atoms with E-state index in [2.05, 4.69) is 56.5 Å². The summed E-state index contributed by atoms with van der Waals surface area (Å²) in [4.78, 5) is 15.0. The largest absolute Gasteiger partial charge is 0.497 e. The Kier molecular flexibility index (Phi) is 6.69. The number of nitrogens with one attached hydrogen (secondary N) is 1. The van der Waals surface area contributed by atoms with Crippen LogP contribution in [-0.2, 0) is 6.54 Å². The molecular weight excluding hydrogens is 392 g/mol. The van der Waals surface area contributed by atoms with E-state index in [0.29, 0.717) is 17.2 Å². The molecule has 4 nitrogen and oxygen atoms in total. The average molecular weight is 417 g/mol. The molecule has 1 heterocycles. The van der Waals surface area contributed by atoms with Crippen molar-refractivity contribution in [3.63, 3.8) is 0 Å². The molecule has 0 atom stereocenters. The van der Waals surface area contributed by atoms with E-state index >= 15 is 0 Å². The number of carbonyl (C=O) groups excluding carboxylic acids is 1. The minimum absolute atomic E-state index is 0.0532. The number of hydrogen-bond acceptors (Lipinski definition) is 3. The molecule has 1 aliphatic heterocycles. The molecule has 1 aliphatic rings. The molecule has 0 saturated carbocycles. The smallest absolute Gasteiger partial charge is 0.252 e. The maximum atomic E-state index is 12.5. The first-order valence-electron chi connectivity index (χ1n) is 9.03. The van der Waals surface area contributed by atoms with Crippen molar-refractivity contribution in [2.45, 2.75) is 19.4 Å². The predicted molar refractivity (Wildman–Crippen MR) is 107 cm³/mol. The lowest BCUT2D eigenvalue weighted by atomic mass is 9.96. The topological polar surface area (TPSA) is 41.6 Å². The molecule has 26 heavy (non-hydrogen) atoms. The molecule has 1 fully saturated rings. The second-order valence-electron chi connectivity index (χ2n) is 6.76.